The largest absolute Gasteiger partial charge is 0.450 e. The normalized spacial score (nSPS) is 14.0. The van der Waals surface area contributed by atoms with Crippen LogP contribution in [0.2, 0.25) is 0 Å². The number of fused-ring (bicyclic) bond motifs is 3. The maximum atomic E-state index is 13.1. The molecule has 2 amide bonds. The second-order valence-corrected chi connectivity index (χ2v) is 11.2. The van der Waals surface area contributed by atoms with Gasteiger partial charge in [0.15, 0.2) is 5.76 Å². The molecule has 5 aromatic rings. The molecule has 4 aromatic carbocycles. The summed E-state index contributed by atoms with van der Waals surface area (Å²) < 4.78 is 6.11. The minimum atomic E-state index is -0.217. The number of nitriles is 1. The maximum Gasteiger partial charge on any atom is 0.287 e. The Bertz CT molecular complexity index is 1840. The third-order valence-corrected chi connectivity index (χ3v) is 8.25. The average molecular weight is 571 g/mol. The van der Waals surface area contributed by atoms with E-state index in [0.29, 0.717) is 29.4 Å². The van der Waals surface area contributed by atoms with Gasteiger partial charge in [0.1, 0.15) is 5.58 Å². The van der Waals surface area contributed by atoms with Gasteiger partial charge in [0.2, 0.25) is 5.91 Å². The number of likely N-dealkylation sites (tertiary alicyclic amines) is 1. The highest BCUT2D eigenvalue weighted by Gasteiger charge is 2.21. The lowest BCUT2D eigenvalue weighted by Gasteiger charge is -2.32. The Labute approximate surface area is 251 Å². The molecule has 6 rings (SSSR count). The zero-order valence-electron chi connectivity index (χ0n) is 24.2. The number of rotatable bonds is 8. The number of amides is 2. The van der Waals surface area contributed by atoms with Crippen molar-refractivity contribution in [3.05, 3.63) is 102 Å². The fraction of sp³-hybridized carbons (Fsp3) is 0.250. The number of carbonyl (C=O) groups is 2. The fourth-order valence-corrected chi connectivity index (χ4v) is 6.13. The Kier molecular flexibility index (Phi) is 8.21. The first kappa shape index (κ1) is 28.2. The molecule has 0 unspecified atom stereocenters. The number of hydrogen-bond donors (Lipinski definition) is 2. The average Bonchev–Trinajstić information content (AvgIpc) is 3.48. The summed E-state index contributed by atoms with van der Waals surface area (Å²) >= 11 is 0. The minimum absolute atomic E-state index is 0.0546. The molecule has 0 radical (unpaired) electrons. The molecule has 1 fully saturated rings. The molecular weight excluding hydrogens is 536 g/mol. The Hall–Kier alpha value is -4.93. The maximum absolute atomic E-state index is 13.1. The predicted octanol–water partition coefficient (Wildman–Crippen LogP) is 7.08. The minimum Gasteiger partial charge on any atom is -0.450 e. The summed E-state index contributed by atoms with van der Waals surface area (Å²) in [5.41, 5.74) is 5.37. The zero-order valence-corrected chi connectivity index (χ0v) is 24.2. The summed E-state index contributed by atoms with van der Waals surface area (Å²) in [7, 11) is 0. The number of hydrogen-bond acceptors (Lipinski definition) is 5. The molecule has 0 bridgehead atoms. The topological polar surface area (TPSA) is 98.4 Å². The smallest absolute Gasteiger partial charge is 0.287 e. The van der Waals surface area contributed by atoms with Crippen LogP contribution < -0.4 is 10.6 Å². The van der Waals surface area contributed by atoms with E-state index >= 15 is 0 Å². The molecule has 7 nitrogen and oxygen atoms in total. The van der Waals surface area contributed by atoms with Gasteiger partial charge in [-0.3, -0.25) is 9.59 Å². The first-order valence-corrected chi connectivity index (χ1v) is 14.8. The Morgan fingerprint density at radius 1 is 0.953 bits per heavy atom. The Morgan fingerprint density at radius 2 is 1.74 bits per heavy atom. The van der Waals surface area contributed by atoms with Gasteiger partial charge in [-0.25, -0.2) is 0 Å². The van der Waals surface area contributed by atoms with E-state index in [1.807, 2.05) is 60.7 Å². The third kappa shape index (κ3) is 6.30. The van der Waals surface area contributed by atoms with E-state index in [4.69, 9.17) is 4.42 Å². The van der Waals surface area contributed by atoms with Crippen LogP contribution in [-0.2, 0) is 4.79 Å². The SMILES string of the molecule is CC(=O)Nc1cccc(C2CCN(CCCNC(=O)c3cc4cc(-c5cccc(C#N)c5)c5ccccc5c4o3)CC2)c1. The van der Waals surface area contributed by atoms with Crippen LogP contribution in [0, 0.1) is 11.3 Å². The summed E-state index contributed by atoms with van der Waals surface area (Å²) in [4.78, 5) is 26.9. The van der Waals surface area contributed by atoms with Gasteiger partial charge < -0.3 is 20.0 Å². The highest BCUT2D eigenvalue weighted by atomic mass is 16.3. The van der Waals surface area contributed by atoms with Gasteiger partial charge in [0.05, 0.1) is 11.6 Å². The quantitative estimate of drug-likeness (QED) is 0.194. The fourth-order valence-electron chi connectivity index (χ4n) is 6.13. The van der Waals surface area contributed by atoms with Crippen LogP contribution in [0.5, 0.6) is 0 Å². The van der Waals surface area contributed by atoms with Gasteiger partial charge in [-0.15, -0.1) is 0 Å². The van der Waals surface area contributed by atoms with E-state index in [9.17, 15) is 14.9 Å². The van der Waals surface area contributed by atoms with Gasteiger partial charge in [-0.05, 0) is 103 Å². The number of nitrogens with zero attached hydrogens (tertiary/aromatic N) is 2. The summed E-state index contributed by atoms with van der Waals surface area (Å²) in [6.45, 7) is 5.05. The molecule has 1 aliphatic heterocycles. The van der Waals surface area contributed by atoms with Crippen LogP contribution in [-0.4, -0.2) is 42.9 Å². The van der Waals surface area contributed by atoms with Gasteiger partial charge in [-0.2, -0.15) is 5.26 Å². The molecule has 43 heavy (non-hydrogen) atoms. The summed E-state index contributed by atoms with van der Waals surface area (Å²) in [6.07, 6.45) is 3.01. The number of carbonyl (C=O) groups excluding carboxylic acids is 2. The lowest BCUT2D eigenvalue weighted by Crippen LogP contribution is -2.35. The van der Waals surface area contributed by atoms with Crippen LogP contribution in [0.15, 0.2) is 89.3 Å². The van der Waals surface area contributed by atoms with Crippen LogP contribution in [0.1, 0.15) is 53.8 Å². The van der Waals surface area contributed by atoms with Crippen molar-refractivity contribution in [3.63, 3.8) is 0 Å². The molecule has 216 valence electrons. The van der Waals surface area contributed by atoms with Crippen molar-refractivity contribution in [3.8, 4) is 17.2 Å². The highest BCUT2D eigenvalue weighted by molar-refractivity contribution is 6.13. The van der Waals surface area contributed by atoms with E-state index in [1.54, 1.807) is 12.1 Å². The highest BCUT2D eigenvalue weighted by Crippen LogP contribution is 2.36. The number of piperidine rings is 1. The van der Waals surface area contributed by atoms with Crippen molar-refractivity contribution in [2.45, 2.75) is 32.1 Å². The van der Waals surface area contributed by atoms with Crippen molar-refractivity contribution in [1.29, 1.82) is 5.26 Å². The van der Waals surface area contributed by atoms with Crippen LogP contribution >= 0.6 is 0 Å². The second-order valence-electron chi connectivity index (χ2n) is 11.2. The van der Waals surface area contributed by atoms with Gasteiger partial charge in [-0.1, -0.05) is 48.5 Å². The van der Waals surface area contributed by atoms with Crippen LogP contribution in [0.3, 0.4) is 0 Å². The first-order chi connectivity index (χ1) is 21.0. The van der Waals surface area contributed by atoms with Crippen molar-refractivity contribution < 1.29 is 14.0 Å². The van der Waals surface area contributed by atoms with E-state index < -0.39 is 0 Å². The molecule has 1 saturated heterocycles. The standard InChI is InChI=1S/C36H34N4O3/c1-24(41)39-30-10-5-8-27(20-30)26-13-17-40(18-14-26)16-6-15-38-36(42)34-22-29-21-33(28-9-4-7-25(19-28)23-37)31-11-2-3-12-32(31)35(29)43-34/h2-5,7-12,19-22,26H,6,13-18H2,1H3,(H,38,42)(H,39,41). The lowest BCUT2D eigenvalue weighted by molar-refractivity contribution is -0.114. The van der Waals surface area contributed by atoms with E-state index in [-0.39, 0.29) is 11.8 Å². The Balaban J connectivity index is 1.06. The van der Waals surface area contributed by atoms with Gasteiger partial charge >= 0.3 is 0 Å². The van der Waals surface area contributed by atoms with Gasteiger partial charge in [0, 0.05) is 29.9 Å². The van der Waals surface area contributed by atoms with Crippen LogP contribution in [0.25, 0.3) is 32.9 Å². The van der Waals surface area contributed by atoms with Crippen LogP contribution in [0.4, 0.5) is 5.69 Å². The number of nitrogens with one attached hydrogen (secondary N) is 2. The summed E-state index contributed by atoms with van der Waals surface area (Å²) in [5.74, 6) is 0.516. The summed E-state index contributed by atoms with van der Waals surface area (Å²) in [5, 5.41) is 18.1. The van der Waals surface area contributed by atoms with Crippen molar-refractivity contribution >= 4 is 39.2 Å². The number of benzene rings is 4. The Morgan fingerprint density at radius 3 is 2.53 bits per heavy atom. The van der Waals surface area contributed by atoms with E-state index in [2.05, 4.69) is 33.7 Å². The molecule has 2 N–H and O–H groups in total. The first-order valence-electron chi connectivity index (χ1n) is 14.8. The van der Waals surface area contributed by atoms with E-state index in [0.717, 1.165) is 71.9 Å². The molecule has 2 heterocycles. The third-order valence-electron chi connectivity index (χ3n) is 8.25. The predicted molar refractivity (Wildman–Crippen MR) is 170 cm³/mol. The molecule has 1 aromatic heterocycles. The lowest BCUT2D eigenvalue weighted by atomic mass is 9.89. The molecule has 0 aliphatic carbocycles. The van der Waals surface area contributed by atoms with Crippen molar-refractivity contribution in [1.82, 2.24) is 10.2 Å². The van der Waals surface area contributed by atoms with E-state index in [1.165, 1.54) is 12.5 Å². The monoisotopic (exact) mass is 570 g/mol. The molecule has 0 spiro atoms. The number of anilines is 1. The molecule has 0 saturated carbocycles. The zero-order chi connectivity index (χ0) is 29.8. The van der Waals surface area contributed by atoms with Gasteiger partial charge in [0.25, 0.3) is 5.91 Å². The second kappa shape index (κ2) is 12.5. The number of furan rings is 1. The molecule has 0 atom stereocenters. The molecule has 7 heteroatoms. The molecule has 1 aliphatic rings. The molecular formula is C36H34N4O3. The van der Waals surface area contributed by atoms with Crippen molar-refractivity contribution in [2.24, 2.45) is 0 Å². The van der Waals surface area contributed by atoms with Crippen molar-refractivity contribution in [2.75, 3.05) is 31.5 Å². The summed E-state index contributed by atoms with van der Waals surface area (Å²) in [6, 6.07) is 29.8.